The summed E-state index contributed by atoms with van der Waals surface area (Å²) < 4.78 is 40.9. The maximum atomic E-state index is 14.6. The van der Waals surface area contributed by atoms with E-state index in [9.17, 15) is 18.1 Å². The highest BCUT2D eigenvalue weighted by Gasteiger charge is 2.44. The molecule has 1 saturated carbocycles. The first-order valence-electron chi connectivity index (χ1n) is 8.62. The van der Waals surface area contributed by atoms with Crippen LogP contribution in [0.5, 0.6) is 5.75 Å². The molecule has 0 spiro atoms. The van der Waals surface area contributed by atoms with Gasteiger partial charge in [-0.2, -0.15) is 0 Å². The summed E-state index contributed by atoms with van der Waals surface area (Å²) in [7, 11) is -1.54. The summed E-state index contributed by atoms with van der Waals surface area (Å²) in [5.41, 5.74) is 0.202. The molecule has 3 rings (SSSR count). The molecule has 0 heterocycles. The minimum atomic E-state index is -1.54. The molecule has 0 saturated heterocycles. The first-order valence-corrected chi connectivity index (χ1v) is 9.77. The van der Waals surface area contributed by atoms with Gasteiger partial charge in [-0.3, -0.25) is 4.21 Å². The van der Waals surface area contributed by atoms with E-state index in [0.29, 0.717) is 23.7 Å². The van der Waals surface area contributed by atoms with Crippen molar-refractivity contribution in [3.05, 3.63) is 59.7 Å². The minimum Gasteiger partial charge on any atom is -0.508 e. The summed E-state index contributed by atoms with van der Waals surface area (Å²) in [6.07, 6.45) is 3.83. The van der Waals surface area contributed by atoms with E-state index in [4.69, 9.17) is 0 Å². The quantitative estimate of drug-likeness (QED) is 0.802. The molecule has 1 N–H and O–H groups in total. The van der Waals surface area contributed by atoms with Gasteiger partial charge in [-0.25, -0.2) is 8.78 Å². The Bertz CT molecular complexity index is 766. The van der Waals surface area contributed by atoms with Crippen molar-refractivity contribution in [1.29, 1.82) is 0 Å². The zero-order valence-corrected chi connectivity index (χ0v) is 15.0. The monoisotopic (exact) mass is 364 g/mol. The smallest absolute Gasteiger partial charge is 0.128 e. The molecule has 1 atom stereocenters. The zero-order chi connectivity index (χ0) is 18.0. The van der Waals surface area contributed by atoms with Crippen LogP contribution in [0, 0.1) is 17.6 Å². The molecule has 5 heteroatoms. The van der Waals surface area contributed by atoms with Crippen molar-refractivity contribution in [2.75, 3.05) is 0 Å². The Morgan fingerprint density at radius 2 is 1.76 bits per heavy atom. The molecule has 2 aromatic rings. The summed E-state index contributed by atoms with van der Waals surface area (Å²) in [4.78, 5) is 0.524. The van der Waals surface area contributed by atoms with E-state index < -0.39 is 27.2 Å². The Kier molecular flexibility index (Phi) is 5.23. The molecule has 1 aliphatic rings. The number of halogens is 2. The molecule has 2 nitrogen and oxygen atoms in total. The van der Waals surface area contributed by atoms with Crippen molar-refractivity contribution in [2.24, 2.45) is 5.92 Å². The van der Waals surface area contributed by atoms with E-state index in [1.165, 1.54) is 18.2 Å². The van der Waals surface area contributed by atoms with Gasteiger partial charge < -0.3 is 5.11 Å². The summed E-state index contributed by atoms with van der Waals surface area (Å²) >= 11 is 0. The zero-order valence-electron chi connectivity index (χ0n) is 14.2. The van der Waals surface area contributed by atoms with Crippen molar-refractivity contribution in [2.45, 2.75) is 48.7 Å². The van der Waals surface area contributed by atoms with Gasteiger partial charge in [0.25, 0.3) is 0 Å². The predicted octanol–water partition coefficient (Wildman–Crippen LogP) is 5.27. The molecular weight excluding hydrogens is 342 g/mol. The molecule has 0 aromatic heterocycles. The van der Waals surface area contributed by atoms with Gasteiger partial charge in [0.2, 0.25) is 0 Å². The fraction of sp³-hybridized carbons (Fsp3) is 0.400. The summed E-state index contributed by atoms with van der Waals surface area (Å²) in [6.45, 7) is 2.12. The number of hydrogen-bond donors (Lipinski definition) is 1. The fourth-order valence-corrected chi connectivity index (χ4v) is 5.55. The van der Waals surface area contributed by atoms with E-state index in [-0.39, 0.29) is 11.3 Å². The lowest BCUT2D eigenvalue weighted by atomic mass is 9.77. The largest absolute Gasteiger partial charge is 0.508 e. The van der Waals surface area contributed by atoms with Crippen LogP contribution in [-0.2, 0) is 15.5 Å². The average Bonchev–Trinajstić information content (AvgIpc) is 2.64. The minimum absolute atomic E-state index is 0.0847. The third-order valence-electron chi connectivity index (χ3n) is 5.32. The Hall–Kier alpha value is -1.75. The molecule has 2 aromatic carbocycles. The van der Waals surface area contributed by atoms with Crippen molar-refractivity contribution in [3.63, 3.8) is 0 Å². The second kappa shape index (κ2) is 7.24. The highest BCUT2D eigenvalue weighted by molar-refractivity contribution is 7.86. The first-order chi connectivity index (χ1) is 12.0. The van der Waals surface area contributed by atoms with Crippen LogP contribution in [0.1, 0.15) is 44.6 Å². The van der Waals surface area contributed by atoms with Crippen molar-refractivity contribution in [3.8, 4) is 5.75 Å². The van der Waals surface area contributed by atoms with Crippen LogP contribution in [0.15, 0.2) is 47.4 Å². The van der Waals surface area contributed by atoms with Gasteiger partial charge in [-0.1, -0.05) is 13.3 Å². The Labute approximate surface area is 149 Å². The van der Waals surface area contributed by atoms with Gasteiger partial charge in [-0.05, 0) is 74.1 Å². The van der Waals surface area contributed by atoms with Gasteiger partial charge in [-0.15, -0.1) is 0 Å². The molecule has 0 amide bonds. The number of phenols is 1. The molecular formula is C20H22F2O2S. The Morgan fingerprint density at radius 3 is 2.36 bits per heavy atom. The third-order valence-corrected chi connectivity index (χ3v) is 7.35. The van der Waals surface area contributed by atoms with Crippen LogP contribution in [0.4, 0.5) is 8.78 Å². The first kappa shape index (κ1) is 18.1. The van der Waals surface area contributed by atoms with Gasteiger partial charge in [0, 0.05) is 10.5 Å². The molecule has 0 aliphatic heterocycles. The third kappa shape index (κ3) is 3.47. The van der Waals surface area contributed by atoms with Crippen LogP contribution >= 0.6 is 0 Å². The Morgan fingerprint density at radius 1 is 1.12 bits per heavy atom. The standard InChI is InChI=1S/C20H22F2O2S/c1-2-14-9-11-20(12-10-14,18-13-15(21)3-8-19(18)22)25(24)17-6-4-16(23)5-7-17/h3-8,13-14,23H,2,9-12H2,1H3. The van der Waals surface area contributed by atoms with E-state index in [1.807, 2.05) is 0 Å². The van der Waals surface area contributed by atoms with Gasteiger partial charge in [0.1, 0.15) is 17.4 Å². The second-order valence-electron chi connectivity index (χ2n) is 6.73. The molecule has 1 aliphatic carbocycles. The molecule has 134 valence electrons. The van der Waals surface area contributed by atoms with E-state index in [0.717, 1.165) is 31.4 Å². The van der Waals surface area contributed by atoms with Gasteiger partial charge in [0.05, 0.1) is 15.5 Å². The number of hydrogen-bond acceptors (Lipinski definition) is 2. The predicted molar refractivity (Wildman–Crippen MR) is 94.8 cm³/mol. The van der Waals surface area contributed by atoms with Crippen LogP contribution in [0.2, 0.25) is 0 Å². The van der Waals surface area contributed by atoms with Crippen molar-refractivity contribution < 1.29 is 18.1 Å². The molecule has 25 heavy (non-hydrogen) atoms. The van der Waals surface area contributed by atoms with Crippen LogP contribution in [0.3, 0.4) is 0 Å². The SMILES string of the molecule is CCC1CCC(c2cc(F)ccc2F)(S(=O)c2ccc(O)cc2)CC1. The van der Waals surface area contributed by atoms with Crippen LogP contribution < -0.4 is 0 Å². The van der Waals surface area contributed by atoms with Gasteiger partial charge >= 0.3 is 0 Å². The summed E-state index contributed by atoms with van der Waals surface area (Å²) in [6, 6.07) is 9.54. The molecule has 1 fully saturated rings. The fourth-order valence-electron chi connectivity index (χ4n) is 3.75. The lowest BCUT2D eigenvalue weighted by molar-refractivity contribution is 0.287. The number of benzene rings is 2. The van der Waals surface area contributed by atoms with Crippen molar-refractivity contribution >= 4 is 10.8 Å². The second-order valence-corrected chi connectivity index (χ2v) is 8.52. The van der Waals surface area contributed by atoms with Crippen LogP contribution in [-0.4, -0.2) is 9.32 Å². The normalized spacial score (nSPS) is 24.8. The Balaban J connectivity index is 2.08. The van der Waals surface area contributed by atoms with E-state index >= 15 is 0 Å². The summed E-state index contributed by atoms with van der Waals surface area (Å²) in [5, 5.41) is 9.47. The van der Waals surface area contributed by atoms with Crippen molar-refractivity contribution in [1.82, 2.24) is 0 Å². The van der Waals surface area contributed by atoms with Gasteiger partial charge in [0.15, 0.2) is 0 Å². The maximum absolute atomic E-state index is 14.6. The maximum Gasteiger partial charge on any atom is 0.128 e. The average molecular weight is 364 g/mol. The summed E-state index contributed by atoms with van der Waals surface area (Å²) in [5.74, 6) is -0.414. The highest BCUT2D eigenvalue weighted by atomic mass is 32.2. The molecule has 0 bridgehead atoms. The molecule has 0 radical (unpaired) electrons. The number of aromatic hydroxyl groups is 1. The lowest BCUT2D eigenvalue weighted by Gasteiger charge is -2.40. The lowest BCUT2D eigenvalue weighted by Crippen LogP contribution is -2.37. The van der Waals surface area contributed by atoms with E-state index in [2.05, 4.69) is 6.92 Å². The molecule has 1 unspecified atom stereocenters. The van der Waals surface area contributed by atoms with Crippen LogP contribution in [0.25, 0.3) is 0 Å². The number of rotatable bonds is 4. The highest BCUT2D eigenvalue weighted by Crippen LogP contribution is 2.47. The number of phenolic OH excluding ortho intramolecular Hbond substituents is 1. The van der Waals surface area contributed by atoms with E-state index in [1.54, 1.807) is 12.1 Å². The topological polar surface area (TPSA) is 37.3 Å².